The van der Waals surface area contributed by atoms with Crippen molar-refractivity contribution in [3.63, 3.8) is 0 Å². The van der Waals surface area contributed by atoms with Crippen molar-refractivity contribution in [3.05, 3.63) is 34.9 Å². The van der Waals surface area contributed by atoms with Crippen LogP contribution in [0.5, 0.6) is 0 Å². The summed E-state index contributed by atoms with van der Waals surface area (Å²) in [5, 5.41) is 0. The van der Waals surface area contributed by atoms with Gasteiger partial charge >= 0.3 is 0 Å². The summed E-state index contributed by atoms with van der Waals surface area (Å²) in [6.07, 6.45) is 2.11. The van der Waals surface area contributed by atoms with Gasteiger partial charge in [0.1, 0.15) is 0 Å². The van der Waals surface area contributed by atoms with Gasteiger partial charge in [0, 0.05) is 37.8 Å². The van der Waals surface area contributed by atoms with Crippen LogP contribution in [-0.2, 0) is 9.47 Å². The largest absolute Gasteiger partial charge is 0.384 e. The molecule has 2 aliphatic rings. The number of methoxy groups -OCH3 is 1. The molecule has 0 aliphatic carbocycles. The molecule has 0 aromatic heterocycles. The van der Waals surface area contributed by atoms with Crippen LogP contribution >= 0.6 is 0 Å². The summed E-state index contributed by atoms with van der Waals surface area (Å²) in [4.78, 5) is 14.8. The molecule has 2 heterocycles. The number of carbonyl (C=O) groups is 1. The Morgan fingerprint density at radius 1 is 1.41 bits per heavy atom. The van der Waals surface area contributed by atoms with Gasteiger partial charge in [0.05, 0.1) is 12.7 Å². The van der Waals surface area contributed by atoms with E-state index in [0.29, 0.717) is 6.61 Å². The highest BCUT2D eigenvalue weighted by molar-refractivity contribution is 5.94. The second-order valence-corrected chi connectivity index (χ2v) is 6.72. The molecule has 1 amide bonds. The lowest BCUT2D eigenvalue weighted by Crippen LogP contribution is -2.53. The van der Waals surface area contributed by atoms with Crippen LogP contribution in [-0.4, -0.2) is 50.3 Å². The summed E-state index contributed by atoms with van der Waals surface area (Å²) in [6, 6.07) is 5.96. The fourth-order valence-corrected chi connectivity index (χ4v) is 3.77. The number of carbonyl (C=O) groups excluding carboxylic acids is 1. The Labute approximate surface area is 132 Å². The number of nitrogens with zero attached hydrogens (tertiary/aromatic N) is 1. The highest BCUT2D eigenvalue weighted by Crippen LogP contribution is 2.41. The fourth-order valence-electron chi connectivity index (χ4n) is 3.77. The minimum absolute atomic E-state index is 0.0254. The zero-order valence-corrected chi connectivity index (χ0v) is 13.7. The molecule has 0 unspecified atom stereocenters. The number of piperidine rings is 1. The van der Waals surface area contributed by atoms with E-state index in [1.165, 1.54) is 5.56 Å². The Hall–Kier alpha value is -1.39. The third-order valence-corrected chi connectivity index (χ3v) is 5.24. The first kappa shape index (κ1) is 15.5. The van der Waals surface area contributed by atoms with E-state index in [0.717, 1.165) is 43.7 Å². The van der Waals surface area contributed by atoms with Gasteiger partial charge in [-0.1, -0.05) is 6.07 Å². The van der Waals surface area contributed by atoms with Crippen LogP contribution in [0.1, 0.15) is 34.3 Å². The van der Waals surface area contributed by atoms with E-state index in [2.05, 4.69) is 13.8 Å². The predicted octanol–water partition coefficient (Wildman–Crippen LogP) is 2.57. The van der Waals surface area contributed by atoms with Crippen LogP contribution in [0.2, 0.25) is 0 Å². The number of amides is 1. The highest BCUT2D eigenvalue weighted by atomic mass is 16.5. The average Bonchev–Trinajstić information content (AvgIpc) is 2.92. The molecule has 4 heteroatoms. The number of ether oxygens (including phenoxy) is 2. The van der Waals surface area contributed by atoms with Gasteiger partial charge in [-0.05, 0) is 49.9 Å². The minimum Gasteiger partial charge on any atom is -0.384 e. The lowest BCUT2D eigenvalue weighted by atomic mass is 9.77. The van der Waals surface area contributed by atoms with Gasteiger partial charge in [0.2, 0.25) is 0 Å². The van der Waals surface area contributed by atoms with Gasteiger partial charge in [-0.25, -0.2) is 0 Å². The monoisotopic (exact) mass is 303 g/mol. The summed E-state index contributed by atoms with van der Waals surface area (Å²) < 4.78 is 11.3. The molecule has 2 atom stereocenters. The van der Waals surface area contributed by atoms with Crippen molar-refractivity contribution in [1.82, 2.24) is 4.90 Å². The predicted molar refractivity (Wildman–Crippen MR) is 85.1 cm³/mol. The molecule has 0 radical (unpaired) electrons. The van der Waals surface area contributed by atoms with Gasteiger partial charge in [-0.3, -0.25) is 4.79 Å². The van der Waals surface area contributed by atoms with Crippen molar-refractivity contribution in [2.45, 2.75) is 32.8 Å². The van der Waals surface area contributed by atoms with Crippen molar-refractivity contribution in [2.75, 3.05) is 33.4 Å². The van der Waals surface area contributed by atoms with E-state index < -0.39 is 0 Å². The van der Waals surface area contributed by atoms with Gasteiger partial charge < -0.3 is 14.4 Å². The van der Waals surface area contributed by atoms with Crippen LogP contribution in [0.4, 0.5) is 0 Å². The van der Waals surface area contributed by atoms with Crippen molar-refractivity contribution < 1.29 is 14.3 Å². The first-order valence-corrected chi connectivity index (χ1v) is 8.03. The van der Waals surface area contributed by atoms with Gasteiger partial charge in [-0.2, -0.15) is 0 Å². The second-order valence-electron chi connectivity index (χ2n) is 6.72. The molecule has 0 saturated carbocycles. The van der Waals surface area contributed by atoms with Gasteiger partial charge in [0.25, 0.3) is 5.91 Å². The molecule has 1 aromatic carbocycles. The molecule has 22 heavy (non-hydrogen) atoms. The quantitative estimate of drug-likeness (QED) is 0.861. The SMILES string of the molecule is COC[C@@]12CCO[C@@H]1CCN(C(=O)c1ccc(C)c(C)c1)C2. The molecule has 2 fully saturated rings. The van der Waals surface area contributed by atoms with Crippen LogP contribution in [0.15, 0.2) is 18.2 Å². The third kappa shape index (κ3) is 2.66. The highest BCUT2D eigenvalue weighted by Gasteiger charge is 2.48. The second kappa shape index (κ2) is 6.01. The molecule has 120 valence electrons. The Balaban J connectivity index is 1.80. The minimum atomic E-state index is -0.0254. The molecule has 4 nitrogen and oxygen atoms in total. The first-order chi connectivity index (χ1) is 10.6. The average molecular weight is 303 g/mol. The van der Waals surface area contributed by atoms with E-state index in [-0.39, 0.29) is 17.4 Å². The topological polar surface area (TPSA) is 38.8 Å². The summed E-state index contributed by atoms with van der Waals surface area (Å²) in [6.45, 7) is 7.06. The summed E-state index contributed by atoms with van der Waals surface area (Å²) in [7, 11) is 1.73. The van der Waals surface area contributed by atoms with E-state index in [1.807, 2.05) is 23.1 Å². The van der Waals surface area contributed by atoms with Crippen molar-refractivity contribution in [2.24, 2.45) is 5.41 Å². The fraction of sp³-hybridized carbons (Fsp3) is 0.611. The molecule has 0 spiro atoms. The molecular formula is C18H25NO3. The van der Waals surface area contributed by atoms with E-state index in [4.69, 9.17) is 9.47 Å². The van der Waals surface area contributed by atoms with Crippen LogP contribution in [0.3, 0.4) is 0 Å². The van der Waals surface area contributed by atoms with Gasteiger partial charge in [-0.15, -0.1) is 0 Å². The van der Waals surface area contributed by atoms with Crippen LogP contribution in [0, 0.1) is 19.3 Å². The molecule has 2 saturated heterocycles. The van der Waals surface area contributed by atoms with Crippen molar-refractivity contribution in [1.29, 1.82) is 0 Å². The number of hydrogen-bond donors (Lipinski definition) is 0. The third-order valence-electron chi connectivity index (χ3n) is 5.24. The maximum atomic E-state index is 12.8. The first-order valence-electron chi connectivity index (χ1n) is 8.03. The molecule has 0 N–H and O–H groups in total. The Bertz CT molecular complexity index is 571. The Morgan fingerprint density at radius 2 is 2.23 bits per heavy atom. The van der Waals surface area contributed by atoms with Crippen LogP contribution in [0.25, 0.3) is 0 Å². The number of aryl methyl sites for hydroxylation is 2. The van der Waals surface area contributed by atoms with Crippen molar-refractivity contribution >= 4 is 5.91 Å². The summed E-state index contributed by atoms with van der Waals surface area (Å²) in [5.74, 6) is 0.129. The number of benzene rings is 1. The van der Waals surface area contributed by atoms with E-state index in [1.54, 1.807) is 7.11 Å². The number of likely N-dealkylation sites (tertiary alicyclic amines) is 1. The smallest absolute Gasteiger partial charge is 0.253 e. The summed E-state index contributed by atoms with van der Waals surface area (Å²) in [5.41, 5.74) is 3.14. The molecular weight excluding hydrogens is 278 g/mol. The lowest BCUT2D eigenvalue weighted by Gasteiger charge is -2.43. The standard InChI is InChI=1S/C18H25NO3/c1-13-4-5-15(10-14(13)2)17(20)19-8-6-16-18(11-19,12-21-3)7-9-22-16/h4-5,10,16H,6-9,11-12H2,1-3H3/t16-,18+/m1/s1. The number of rotatable bonds is 3. The lowest BCUT2D eigenvalue weighted by molar-refractivity contribution is -0.0469. The number of fused-ring (bicyclic) bond motifs is 1. The molecule has 1 aromatic rings. The zero-order valence-electron chi connectivity index (χ0n) is 13.7. The Kier molecular flexibility index (Phi) is 4.24. The zero-order chi connectivity index (χ0) is 15.7. The molecule has 3 rings (SSSR count). The van der Waals surface area contributed by atoms with Crippen molar-refractivity contribution in [3.8, 4) is 0 Å². The molecule has 2 aliphatic heterocycles. The normalized spacial score (nSPS) is 27.8. The van der Waals surface area contributed by atoms with E-state index >= 15 is 0 Å². The maximum Gasteiger partial charge on any atom is 0.253 e. The number of hydrogen-bond acceptors (Lipinski definition) is 3. The van der Waals surface area contributed by atoms with E-state index in [9.17, 15) is 4.79 Å². The van der Waals surface area contributed by atoms with Gasteiger partial charge in [0.15, 0.2) is 0 Å². The van der Waals surface area contributed by atoms with Crippen LogP contribution < -0.4 is 0 Å². The summed E-state index contributed by atoms with van der Waals surface area (Å²) >= 11 is 0. The molecule has 0 bridgehead atoms. The maximum absolute atomic E-state index is 12.8. The Morgan fingerprint density at radius 3 is 2.95 bits per heavy atom.